The van der Waals surface area contributed by atoms with Gasteiger partial charge in [-0.2, -0.15) is 0 Å². The summed E-state index contributed by atoms with van der Waals surface area (Å²) in [5.74, 6) is 0.275. The lowest BCUT2D eigenvalue weighted by molar-refractivity contribution is 0.0741. The number of hydrogen-bond donors (Lipinski definition) is 2. The third-order valence-corrected chi connectivity index (χ3v) is 3.82. The second-order valence-corrected chi connectivity index (χ2v) is 5.54. The third-order valence-electron chi connectivity index (χ3n) is 3.82. The molecule has 1 heterocycles. The number of carbonyl (C=O) groups excluding carboxylic acids is 1. The molecule has 1 saturated heterocycles. The average Bonchev–Trinajstić information content (AvgIpc) is 2.90. The molecule has 110 valence electrons. The normalized spacial score (nSPS) is 18.2. The zero-order chi connectivity index (χ0) is 14.5. The number of phenols is 1. The van der Waals surface area contributed by atoms with Crippen LogP contribution in [-0.4, -0.2) is 41.6 Å². The van der Waals surface area contributed by atoms with Crippen LogP contribution in [0.3, 0.4) is 0 Å². The number of aromatic hydroxyl groups is 1. The predicted octanol–water partition coefficient (Wildman–Crippen LogP) is 2.30. The SMILES string of the molecule is CCCN(CC1CCCN1)C(=O)c1ccc(O)cc1C. The number of phenolic OH excluding ortho intramolecular Hbond substituents is 1. The molecule has 1 aliphatic heterocycles. The minimum atomic E-state index is 0.0676. The largest absolute Gasteiger partial charge is 0.508 e. The highest BCUT2D eigenvalue weighted by molar-refractivity contribution is 5.95. The van der Waals surface area contributed by atoms with E-state index in [2.05, 4.69) is 12.2 Å². The predicted molar refractivity (Wildman–Crippen MR) is 80.1 cm³/mol. The summed E-state index contributed by atoms with van der Waals surface area (Å²) in [4.78, 5) is 14.6. The first kappa shape index (κ1) is 14.9. The van der Waals surface area contributed by atoms with Crippen LogP contribution < -0.4 is 5.32 Å². The van der Waals surface area contributed by atoms with Crippen molar-refractivity contribution in [2.45, 2.75) is 39.2 Å². The summed E-state index contributed by atoms with van der Waals surface area (Å²) < 4.78 is 0. The topological polar surface area (TPSA) is 52.6 Å². The van der Waals surface area contributed by atoms with Crippen LogP contribution in [0.1, 0.15) is 42.1 Å². The maximum Gasteiger partial charge on any atom is 0.254 e. The standard InChI is InChI=1S/C16H24N2O2/c1-3-9-18(11-13-5-4-8-17-13)16(20)15-7-6-14(19)10-12(15)2/h6-7,10,13,17,19H,3-5,8-9,11H2,1-2H3. The van der Waals surface area contributed by atoms with E-state index in [-0.39, 0.29) is 11.7 Å². The second kappa shape index (κ2) is 6.75. The summed E-state index contributed by atoms with van der Waals surface area (Å²) in [6.45, 7) is 6.55. The van der Waals surface area contributed by atoms with Gasteiger partial charge in [0.05, 0.1) is 0 Å². The fourth-order valence-electron chi connectivity index (χ4n) is 2.78. The Balaban J connectivity index is 2.12. The molecule has 1 aliphatic rings. The van der Waals surface area contributed by atoms with Gasteiger partial charge in [-0.1, -0.05) is 6.92 Å². The van der Waals surface area contributed by atoms with Crippen LogP contribution in [0.15, 0.2) is 18.2 Å². The van der Waals surface area contributed by atoms with Crippen LogP contribution in [0.25, 0.3) is 0 Å². The van der Waals surface area contributed by atoms with Gasteiger partial charge in [0.25, 0.3) is 5.91 Å². The zero-order valence-corrected chi connectivity index (χ0v) is 12.4. The van der Waals surface area contributed by atoms with Gasteiger partial charge in [0.1, 0.15) is 5.75 Å². The van der Waals surface area contributed by atoms with Gasteiger partial charge in [0.2, 0.25) is 0 Å². The zero-order valence-electron chi connectivity index (χ0n) is 12.4. The quantitative estimate of drug-likeness (QED) is 0.867. The number of amides is 1. The molecule has 1 fully saturated rings. The first-order valence-corrected chi connectivity index (χ1v) is 7.44. The number of carbonyl (C=O) groups is 1. The van der Waals surface area contributed by atoms with Crippen LogP contribution in [0.2, 0.25) is 0 Å². The summed E-state index contributed by atoms with van der Waals surface area (Å²) in [5, 5.41) is 12.9. The lowest BCUT2D eigenvalue weighted by atomic mass is 10.1. The van der Waals surface area contributed by atoms with Gasteiger partial charge in [-0.25, -0.2) is 0 Å². The molecule has 1 aromatic rings. The lowest BCUT2D eigenvalue weighted by Crippen LogP contribution is -2.41. The van der Waals surface area contributed by atoms with E-state index in [1.807, 2.05) is 11.8 Å². The van der Waals surface area contributed by atoms with Gasteiger partial charge < -0.3 is 15.3 Å². The molecule has 0 spiro atoms. The summed E-state index contributed by atoms with van der Waals surface area (Å²) >= 11 is 0. The molecule has 0 aromatic heterocycles. The van der Waals surface area contributed by atoms with Crippen LogP contribution in [0.4, 0.5) is 0 Å². The Morgan fingerprint density at radius 3 is 2.90 bits per heavy atom. The summed E-state index contributed by atoms with van der Waals surface area (Å²) in [6.07, 6.45) is 3.29. The molecule has 1 atom stereocenters. The molecule has 1 amide bonds. The van der Waals surface area contributed by atoms with Crippen molar-refractivity contribution in [3.8, 4) is 5.75 Å². The first-order chi connectivity index (χ1) is 9.61. The van der Waals surface area contributed by atoms with Gasteiger partial charge in [-0.15, -0.1) is 0 Å². The van der Waals surface area contributed by atoms with E-state index in [9.17, 15) is 9.90 Å². The van der Waals surface area contributed by atoms with E-state index in [0.29, 0.717) is 11.6 Å². The average molecular weight is 276 g/mol. The maximum absolute atomic E-state index is 12.7. The van der Waals surface area contributed by atoms with Crippen molar-refractivity contribution >= 4 is 5.91 Å². The van der Waals surface area contributed by atoms with Crippen molar-refractivity contribution in [2.24, 2.45) is 0 Å². The van der Waals surface area contributed by atoms with Crippen molar-refractivity contribution in [3.63, 3.8) is 0 Å². The molecule has 2 rings (SSSR count). The molecular formula is C16H24N2O2. The molecule has 1 aromatic carbocycles. The van der Waals surface area contributed by atoms with E-state index in [4.69, 9.17) is 0 Å². The molecule has 1 unspecified atom stereocenters. The Bertz CT molecular complexity index is 468. The highest BCUT2D eigenvalue weighted by Gasteiger charge is 2.22. The van der Waals surface area contributed by atoms with Crippen LogP contribution in [0, 0.1) is 6.92 Å². The number of nitrogens with one attached hydrogen (secondary N) is 1. The van der Waals surface area contributed by atoms with Crippen molar-refractivity contribution in [1.82, 2.24) is 10.2 Å². The van der Waals surface area contributed by atoms with E-state index in [1.165, 1.54) is 6.42 Å². The minimum Gasteiger partial charge on any atom is -0.508 e. The molecule has 4 nitrogen and oxygen atoms in total. The Kier molecular flexibility index (Phi) is 5.01. The Morgan fingerprint density at radius 2 is 2.30 bits per heavy atom. The van der Waals surface area contributed by atoms with Gasteiger partial charge in [-0.05, 0) is 56.5 Å². The van der Waals surface area contributed by atoms with Crippen LogP contribution in [-0.2, 0) is 0 Å². The minimum absolute atomic E-state index is 0.0676. The lowest BCUT2D eigenvalue weighted by Gasteiger charge is -2.26. The van der Waals surface area contributed by atoms with Gasteiger partial charge in [0.15, 0.2) is 0 Å². The van der Waals surface area contributed by atoms with Crippen molar-refractivity contribution in [2.75, 3.05) is 19.6 Å². The third kappa shape index (κ3) is 3.51. The molecule has 0 bridgehead atoms. The molecule has 4 heteroatoms. The summed E-state index contributed by atoms with van der Waals surface area (Å²) in [5.41, 5.74) is 1.52. The van der Waals surface area contributed by atoms with E-state index >= 15 is 0 Å². The Labute approximate surface area is 120 Å². The highest BCUT2D eigenvalue weighted by atomic mass is 16.3. The van der Waals surface area contributed by atoms with Crippen LogP contribution in [0.5, 0.6) is 5.75 Å². The summed E-state index contributed by atoms with van der Waals surface area (Å²) in [7, 11) is 0. The number of nitrogens with zero attached hydrogens (tertiary/aromatic N) is 1. The van der Waals surface area contributed by atoms with Crippen molar-refractivity contribution in [1.29, 1.82) is 0 Å². The van der Waals surface area contributed by atoms with E-state index in [0.717, 1.165) is 38.0 Å². The first-order valence-electron chi connectivity index (χ1n) is 7.44. The molecule has 0 aliphatic carbocycles. The molecule has 0 radical (unpaired) electrons. The molecule has 2 N–H and O–H groups in total. The number of aryl methyl sites for hydroxylation is 1. The number of benzene rings is 1. The van der Waals surface area contributed by atoms with Gasteiger partial charge >= 0.3 is 0 Å². The second-order valence-electron chi connectivity index (χ2n) is 5.54. The molecule has 20 heavy (non-hydrogen) atoms. The molecular weight excluding hydrogens is 252 g/mol. The van der Waals surface area contributed by atoms with Gasteiger partial charge in [-0.3, -0.25) is 4.79 Å². The smallest absolute Gasteiger partial charge is 0.254 e. The van der Waals surface area contributed by atoms with Crippen LogP contribution >= 0.6 is 0 Å². The van der Waals surface area contributed by atoms with Crippen molar-refractivity contribution < 1.29 is 9.90 Å². The highest BCUT2D eigenvalue weighted by Crippen LogP contribution is 2.18. The molecule has 0 saturated carbocycles. The Morgan fingerprint density at radius 1 is 1.50 bits per heavy atom. The fourth-order valence-corrected chi connectivity index (χ4v) is 2.78. The Hall–Kier alpha value is -1.55. The maximum atomic E-state index is 12.7. The number of rotatable bonds is 5. The van der Waals surface area contributed by atoms with Crippen molar-refractivity contribution in [3.05, 3.63) is 29.3 Å². The van der Waals surface area contributed by atoms with E-state index < -0.39 is 0 Å². The summed E-state index contributed by atoms with van der Waals surface area (Å²) in [6, 6.07) is 5.36. The number of hydrogen-bond acceptors (Lipinski definition) is 3. The monoisotopic (exact) mass is 276 g/mol. The van der Waals surface area contributed by atoms with Gasteiger partial charge in [0, 0.05) is 24.7 Å². The van der Waals surface area contributed by atoms with E-state index in [1.54, 1.807) is 18.2 Å². The fraction of sp³-hybridized carbons (Fsp3) is 0.562.